The number of allylic oxidation sites excluding steroid dienone is 2. The molecule has 1 aliphatic carbocycles. The molecule has 0 fully saturated rings. The van der Waals surface area contributed by atoms with E-state index in [1.165, 1.54) is 11.6 Å². The molecule has 1 aliphatic heterocycles. The van der Waals surface area contributed by atoms with Gasteiger partial charge in [-0.15, -0.1) is 0 Å². The van der Waals surface area contributed by atoms with E-state index in [4.69, 9.17) is 0 Å². The summed E-state index contributed by atoms with van der Waals surface area (Å²) < 4.78 is 39.0. The number of hydrogen-bond acceptors (Lipinski definition) is 1. The van der Waals surface area contributed by atoms with Crippen LogP contribution in [-0.2, 0) is 6.18 Å². The van der Waals surface area contributed by atoms with Crippen LogP contribution in [0.4, 0.5) is 18.9 Å². The smallest absolute Gasteiger partial charge is 0.378 e. The van der Waals surface area contributed by atoms with Gasteiger partial charge in [-0.1, -0.05) is 42.5 Å². The molecule has 4 rings (SSSR count). The van der Waals surface area contributed by atoms with E-state index < -0.39 is 11.7 Å². The fourth-order valence-corrected chi connectivity index (χ4v) is 3.76. The first-order valence-corrected chi connectivity index (χ1v) is 7.73. The van der Waals surface area contributed by atoms with Gasteiger partial charge < -0.3 is 5.32 Å². The molecule has 2 aromatic rings. The summed E-state index contributed by atoms with van der Waals surface area (Å²) in [5, 5.41) is 3.46. The molecule has 2 aromatic carbocycles. The second kappa shape index (κ2) is 5.15. The number of fused-ring (bicyclic) bond motifs is 3. The molecule has 0 radical (unpaired) electrons. The lowest BCUT2D eigenvalue weighted by molar-refractivity contribution is -0.137. The van der Waals surface area contributed by atoms with Crippen LogP contribution in [0.2, 0.25) is 0 Å². The van der Waals surface area contributed by atoms with Crippen LogP contribution in [0.5, 0.6) is 0 Å². The van der Waals surface area contributed by atoms with Gasteiger partial charge in [0.15, 0.2) is 0 Å². The summed E-state index contributed by atoms with van der Waals surface area (Å²) in [4.78, 5) is 0. The van der Waals surface area contributed by atoms with Crippen molar-refractivity contribution >= 4 is 5.69 Å². The average Bonchev–Trinajstić information content (AvgIpc) is 3.03. The van der Waals surface area contributed by atoms with E-state index >= 15 is 0 Å². The third-order valence-electron chi connectivity index (χ3n) is 4.85. The summed E-state index contributed by atoms with van der Waals surface area (Å²) in [7, 11) is 0. The van der Waals surface area contributed by atoms with E-state index in [9.17, 15) is 13.2 Å². The minimum Gasteiger partial charge on any atom is -0.378 e. The largest absolute Gasteiger partial charge is 0.416 e. The fourth-order valence-electron chi connectivity index (χ4n) is 3.76. The molecule has 1 nitrogen and oxygen atoms in total. The van der Waals surface area contributed by atoms with Gasteiger partial charge >= 0.3 is 6.18 Å². The Morgan fingerprint density at radius 3 is 2.52 bits per heavy atom. The monoisotopic (exact) mass is 315 g/mol. The van der Waals surface area contributed by atoms with Crippen molar-refractivity contribution in [3.05, 3.63) is 77.4 Å². The zero-order valence-electron chi connectivity index (χ0n) is 12.3. The summed E-state index contributed by atoms with van der Waals surface area (Å²) in [5.41, 5.74) is 2.16. The Hall–Kier alpha value is -2.23. The summed E-state index contributed by atoms with van der Waals surface area (Å²) in [5.74, 6) is 0.298. The van der Waals surface area contributed by atoms with Crippen molar-refractivity contribution in [2.24, 2.45) is 5.92 Å². The quantitative estimate of drug-likeness (QED) is 0.682. The van der Waals surface area contributed by atoms with Crippen molar-refractivity contribution in [1.82, 2.24) is 0 Å². The molecule has 118 valence electrons. The molecule has 0 aromatic heterocycles. The normalized spacial score (nSPS) is 25.6. The Morgan fingerprint density at radius 2 is 1.78 bits per heavy atom. The molecule has 23 heavy (non-hydrogen) atoms. The molecule has 0 spiro atoms. The minimum atomic E-state index is -4.30. The molecular formula is C19H16F3N. The Labute approximate surface area is 132 Å². The Kier molecular flexibility index (Phi) is 3.22. The van der Waals surface area contributed by atoms with Crippen LogP contribution < -0.4 is 5.32 Å². The standard InChI is InChI=1S/C19H16F3N/c20-19(21,22)13-9-10-17-16(11-13)14-7-4-8-15(14)18(23-17)12-5-2-1-3-6-12/h1-7,9-11,14-15,18,23H,8H2/t14?,15-,18-/m1/s1. The highest BCUT2D eigenvalue weighted by atomic mass is 19.4. The molecule has 1 unspecified atom stereocenters. The second-order valence-electron chi connectivity index (χ2n) is 6.19. The molecule has 4 heteroatoms. The Morgan fingerprint density at radius 1 is 1.00 bits per heavy atom. The predicted molar refractivity (Wildman–Crippen MR) is 84.2 cm³/mol. The lowest BCUT2D eigenvalue weighted by Crippen LogP contribution is -2.29. The first-order valence-electron chi connectivity index (χ1n) is 7.73. The maximum atomic E-state index is 13.0. The molecule has 1 heterocycles. The minimum absolute atomic E-state index is 0.0405. The van der Waals surface area contributed by atoms with E-state index in [1.54, 1.807) is 6.07 Å². The van der Waals surface area contributed by atoms with Gasteiger partial charge in [0.25, 0.3) is 0 Å². The number of rotatable bonds is 1. The number of halogens is 3. The van der Waals surface area contributed by atoms with Gasteiger partial charge in [0.2, 0.25) is 0 Å². The van der Waals surface area contributed by atoms with Gasteiger partial charge in [0.1, 0.15) is 0 Å². The number of hydrogen-bond donors (Lipinski definition) is 1. The maximum absolute atomic E-state index is 13.0. The van der Waals surface area contributed by atoms with E-state index in [0.29, 0.717) is 0 Å². The second-order valence-corrected chi connectivity index (χ2v) is 6.19. The van der Waals surface area contributed by atoms with E-state index in [1.807, 2.05) is 18.2 Å². The van der Waals surface area contributed by atoms with Gasteiger partial charge in [-0.05, 0) is 41.7 Å². The zero-order chi connectivity index (χ0) is 16.0. The van der Waals surface area contributed by atoms with Crippen LogP contribution in [0.1, 0.15) is 35.1 Å². The van der Waals surface area contributed by atoms with Crippen LogP contribution in [0.15, 0.2) is 60.7 Å². The number of alkyl halides is 3. The van der Waals surface area contributed by atoms with Gasteiger partial charge in [0, 0.05) is 11.6 Å². The molecule has 0 saturated carbocycles. The lowest BCUT2D eigenvalue weighted by atomic mass is 9.76. The predicted octanol–water partition coefficient (Wildman–Crippen LogP) is 5.53. The SMILES string of the molecule is FC(F)(F)c1ccc2c(c1)C1C=CC[C@H]1[C@@H](c1ccccc1)N2. The summed E-state index contributed by atoms with van der Waals surface area (Å²) in [6.07, 6.45) is 0.721. The fraction of sp³-hybridized carbons (Fsp3) is 0.263. The lowest BCUT2D eigenvalue weighted by Gasteiger charge is -2.37. The topological polar surface area (TPSA) is 12.0 Å². The highest BCUT2D eigenvalue weighted by Crippen LogP contribution is 2.50. The number of nitrogens with one attached hydrogen (secondary N) is 1. The molecule has 1 N–H and O–H groups in total. The first kappa shape index (κ1) is 14.4. The zero-order valence-corrected chi connectivity index (χ0v) is 12.3. The van der Waals surface area contributed by atoms with Gasteiger partial charge in [-0.3, -0.25) is 0 Å². The highest BCUT2D eigenvalue weighted by Gasteiger charge is 2.39. The summed E-state index contributed by atoms with van der Waals surface area (Å²) >= 11 is 0. The van der Waals surface area contributed by atoms with Crippen molar-refractivity contribution in [2.45, 2.75) is 24.6 Å². The molecular weight excluding hydrogens is 299 g/mol. The average molecular weight is 315 g/mol. The number of benzene rings is 2. The first-order chi connectivity index (χ1) is 11.0. The molecule has 0 saturated heterocycles. The maximum Gasteiger partial charge on any atom is 0.416 e. The molecule has 3 atom stereocenters. The summed E-state index contributed by atoms with van der Waals surface area (Å²) in [6.45, 7) is 0. The van der Waals surface area contributed by atoms with Crippen LogP contribution in [-0.4, -0.2) is 0 Å². The van der Waals surface area contributed by atoms with Gasteiger partial charge in [0.05, 0.1) is 11.6 Å². The van der Waals surface area contributed by atoms with E-state index in [-0.39, 0.29) is 17.9 Å². The van der Waals surface area contributed by atoms with Crippen molar-refractivity contribution in [2.75, 3.05) is 5.32 Å². The van der Waals surface area contributed by atoms with E-state index in [0.717, 1.165) is 23.7 Å². The Bertz CT molecular complexity index is 749. The van der Waals surface area contributed by atoms with Crippen molar-refractivity contribution < 1.29 is 13.2 Å². The van der Waals surface area contributed by atoms with Crippen LogP contribution >= 0.6 is 0 Å². The van der Waals surface area contributed by atoms with Crippen molar-refractivity contribution in [3.8, 4) is 0 Å². The van der Waals surface area contributed by atoms with Gasteiger partial charge in [-0.25, -0.2) is 0 Å². The number of anilines is 1. The molecule has 0 bridgehead atoms. The van der Waals surface area contributed by atoms with Crippen LogP contribution in [0.25, 0.3) is 0 Å². The van der Waals surface area contributed by atoms with Crippen LogP contribution in [0.3, 0.4) is 0 Å². The third kappa shape index (κ3) is 2.42. The molecule has 0 amide bonds. The van der Waals surface area contributed by atoms with Crippen molar-refractivity contribution in [3.63, 3.8) is 0 Å². The summed E-state index contributed by atoms with van der Waals surface area (Å²) in [6, 6.07) is 14.3. The highest BCUT2D eigenvalue weighted by molar-refractivity contribution is 5.61. The van der Waals surface area contributed by atoms with Crippen molar-refractivity contribution in [1.29, 1.82) is 0 Å². The van der Waals surface area contributed by atoms with E-state index in [2.05, 4.69) is 29.6 Å². The Balaban J connectivity index is 1.78. The van der Waals surface area contributed by atoms with Crippen LogP contribution in [0, 0.1) is 5.92 Å². The third-order valence-corrected chi connectivity index (χ3v) is 4.85. The molecule has 2 aliphatic rings. The van der Waals surface area contributed by atoms with Gasteiger partial charge in [-0.2, -0.15) is 13.2 Å².